The molecule has 4 rings (SSSR count). The van der Waals surface area contributed by atoms with E-state index in [1.54, 1.807) is 42.6 Å². The number of carbonyl (C=O) groups excluding carboxylic acids is 1. The van der Waals surface area contributed by atoms with E-state index in [1.165, 1.54) is 18.2 Å². The predicted molar refractivity (Wildman–Crippen MR) is 116 cm³/mol. The molecule has 30 heavy (non-hydrogen) atoms. The Bertz CT molecular complexity index is 1290. The van der Waals surface area contributed by atoms with Gasteiger partial charge in [-0.3, -0.25) is 9.78 Å². The Morgan fingerprint density at radius 1 is 0.900 bits per heavy atom. The zero-order chi connectivity index (χ0) is 20.8. The molecule has 4 aromatic rings. The molecule has 0 aliphatic carbocycles. The summed E-state index contributed by atoms with van der Waals surface area (Å²) in [6, 6.07) is 21.2. The second-order valence-corrected chi connectivity index (χ2v) is 6.42. The lowest BCUT2D eigenvalue weighted by Crippen LogP contribution is -1.98. The van der Waals surface area contributed by atoms with Gasteiger partial charge in [0.2, 0.25) is 0 Å². The van der Waals surface area contributed by atoms with Crippen LogP contribution in [0, 0.1) is 0 Å². The first kappa shape index (κ1) is 19.1. The normalized spacial score (nSPS) is 11.3. The van der Waals surface area contributed by atoms with Gasteiger partial charge in [-0.15, -0.1) is 0 Å². The molecular formula is C25H17NO4. The predicted octanol–water partition coefficient (Wildman–Crippen LogP) is 5.28. The van der Waals surface area contributed by atoms with Gasteiger partial charge in [-0.05, 0) is 60.2 Å². The Balaban J connectivity index is 1.45. The fourth-order valence-corrected chi connectivity index (χ4v) is 2.82. The van der Waals surface area contributed by atoms with Gasteiger partial charge in [-0.2, -0.15) is 0 Å². The highest BCUT2D eigenvalue weighted by atomic mass is 16.5. The molecule has 2 aromatic carbocycles. The summed E-state index contributed by atoms with van der Waals surface area (Å²) < 4.78 is 11.0. The molecular weight excluding hydrogens is 378 g/mol. The summed E-state index contributed by atoms with van der Waals surface area (Å²) in [5, 5.41) is 0.714. The van der Waals surface area contributed by atoms with Crippen molar-refractivity contribution < 1.29 is 13.9 Å². The molecule has 0 bridgehead atoms. The standard InChI is InChI=1S/C25H17NO4/c27-20(13-11-19-5-3-4-16-26-19)12-8-18-9-14-21(15-10-18)29-24-17-25(28)30-23-7-2-1-6-22(23)24/h1-17H/b12-8+,13-11+. The summed E-state index contributed by atoms with van der Waals surface area (Å²) in [5.74, 6) is 0.868. The van der Waals surface area contributed by atoms with Crippen LogP contribution in [0.5, 0.6) is 11.5 Å². The first-order valence-corrected chi connectivity index (χ1v) is 9.29. The van der Waals surface area contributed by atoms with Gasteiger partial charge < -0.3 is 9.15 Å². The van der Waals surface area contributed by atoms with Crippen LogP contribution in [0.1, 0.15) is 11.3 Å². The van der Waals surface area contributed by atoms with Crippen molar-refractivity contribution in [2.75, 3.05) is 0 Å². The Hall–Kier alpha value is -4.25. The van der Waals surface area contributed by atoms with Crippen molar-refractivity contribution >= 4 is 28.9 Å². The SMILES string of the molecule is O=C(/C=C/c1ccc(Oc2cc(=O)oc3ccccc23)cc1)/C=C/c1ccccn1. The summed E-state index contributed by atoms with van der Waals surface area (Å²) in [6.07, 6.45) is 8.04. The van der Waals surface area contributed by atoms with Gasteiger partial charge in [-0.1, -0.05) is 36.4 Å². The number of allylic oxidation sites excluding steroid dienone is 2. The fraction of sp³-hybridized carbons (Fsp3) is 0. The number of rotatable bonds is 6. The highest BCUT2D eigenvalue weighted by Crippen LogP contribution is 2.28. The molecule has 0 saturated heterocycles. The number of aromatic nitrogens is 1. The van der Waals surface area contributed by atoms with E-state index < -0.39 is 5.63 Å². The van der Waals surface area contributed by atoms with Crippen LogP contribution < -0.4 is 10.4 Å². The maximum absolute atomic E-state index is 12.0. The number of pyridine rings is 1. The van der Waals surface area contributed by atoms with Crippen LogP contribution in [0.25, 0.3) is 23.1 Å². The second-order valence-electron chi connectivity index (χ2n) is 6.42. The lowest BCUT2D eigenvalue weighted by Gasteiger charge is -2.08. The number of hydrogen-bond donors (Lipinski definition) is 0. The third kappa shape index (κ3) is 4.77. The zero-order valence-corrected chi connectivity index (χ0v) is 15.9. The van der Waals surface area contributed by atoms with E-state index in [-0.39, 0.29) is 5.78 Å². The lowest BCUT2D eigenvalue weighted by atomic mass is 10.1. The minimum absolute atomic E-state index is 0.136. The molecule has 0 spiro atoms. The van der Waals surface area contributed by atoms with E-state index in [9.17, 15) is 9.59 Å². The van der Waals surface area contributed by atoms with Crippen LogP contribution in [0.4, 0.5) is 0 Å². The number of carbonyl (C=O) groups is 1. The van der Waals surface area contributed by atoms with E-state index in [1.807, 2.05) is 42.5 Å². The molecule has 0 saturated carbocycles. The molecule has 2 aromatic heterocycles. The summed E-state index contributed by atoms with van der Waals surface area (Å²) in [6.45, 7) is 0. The van der Waals surface area contributed by atoms with Crippen LogP contribution in [-0.2, 0) is 4.79 Å². The highest BCUT2D eigenvalue weighted by molar-refractivity contribution is 6.04. The van der Waals surface area contributed by atoms with Gasteiger partial charge in [0.15, 0.2) is 5.78 Å². The molecule has 0 N–H and O–H groups in total. The van der Waals surface area contributed by atoms with E-state index in [4.69, 9.17) is 9.15 Å². The van der Waals surface area contributed by atoms with E-state index in [0.717, 1.165) is 11.3 Å². The average molecular weight is 395 g/mol. The van der Waals surface area contributed by atoms with Gasteiger partial charge >= 0.3 is 5.63 Å². The first-order chi connectivity index (χ1) is 14.7. The maximum atomic E-state index is 12.0. The van der Waals surface area contributed by atoms with Crippen molar-refractivity contribution in [2.45, 2.75) is 0 Å². The van der Waals surface area contributed by atoms with Crippen molar-refractivity contribution in [3.63, 3.8) is 0 Å². The van der Waals surface area contributed by atoms with E-state index in [0.29, 0.717) is 22.5 Å². The van der Waals surface area contributed by atoms with Crippen molar-refractivity contribution in [3.05, 3.63) is 113 Å². The first-order valence-electron chi connectivity index (χ1n) is 9.29. The van der Waals surface area contributed by atoms with Gasteiger partial charge in [0, 0.05) is 6.20 Å². The molecule has 0 amide bonds. The van der Waals surface area contributed by atoms with Crippen LogP contribution in [0.3, 0.4) is 0 Å². The Kier molecular flexibility index (Phi) is 5.62. The largest absolute Gasteiger partial charge is 0.456 e. The Morgan fingerprint density at radius 2 is 1.67 bits per heavy atom. The summed E-state index contributed by atoms with van der Waals surface area (Å²) in [4.78, 5) is 27.9. The maximum Gasteiger partial charge on any atom is 0.339 e. The zero-order valence-electron chi connectivity index (χ0n) is 15.9. The van der Waals surface area contributed by atoms with Crippen molar-refractivity contribution in [1.82, 2.24) is 4.98 Å². The number of benzene rings is 2. The molecule has 0 aliphatic rings. The summed E-state index contributed by atoms with van der Waals surface area (Å²) >= 11 is 0. The third-order valence-electron chi connectivity index (χ3n) is 4.27. The second kappa shape index (κ2) is 8.84. The number of ketones is 1. The monoisotopic (exact) mass is 395 g/mol. The minimum atomic E-state index is -0.472. The van der Waals surface area contributed by atoms with Gasteiger partial charge in [0.1, 0.15) is 17.1 Å². The Labute approximate surface area is 172 Å². The molecule has 0 atom stereocenters. The topological polar surface area (TPSA) is 69.4 Å². The van der Waals surface area contributed by atoms with Crippen molar-refractivity contribution in [2.24, 2.45) is 0 Å². The molecule has 0 aliphatic heterocycles. The molecule has 5 heteroatoms. The van der Waals surface area contributed by atoms with Gasteiger partial charge in [-0.25, -0.2) is 4.79 Å². The molecule has 146 valence electrons. The number of fused-ring (bicyclic) bond motifs is 1. The lowest BCUT2D eigenvalue weighted by molar-refractivity contribution is -0.110. The third-order valence-corrected chi connectivity index (χ3v) is 4.27. The smallest absolute Gasteiger partial charge is 0.339 e. The van der Waals surface area contributed by atoms with E-state index >= 15 is 0 Å². The summed E-state index contributed by atoms with van der Waals surface area (Å²) in [5.41, 5.74) is 1.57. The quantitative estimate of drug-likeness (QED) is 0.328. The number of para-hydroxylation sites is 1. The average Bonchev–Trinajstić information content (AvgIpc) is 2.78. The number of nitrogens with zero attached hydrogens (tertiary/aromatic N) is 1. The van der Waals surface area contributed by atoms with Crippen LogP contribution in [-0.4, -0.2) is 10.8 Å². The van der Waals surface area contributed by atoms with E-state index in [2.05, 4.69) is 4.98 Å². The van der Waals surface area contributed by atoms with Crippen molar-refractivity contribution in [1.29, 1.82) is 0 Å². The molecule has 2 heterocycles. The molecule has 0 fully saturated rings. The van der Waals surface area contributed by atoms with Crippen LogP contribution in [0.15, 0.2) is 100 Å². The Morgan fingerprint density at radius 3 is 2.47 bits per heavy atom. The highest BCUT2D eigenvalue weighted by Gasteiger charge is 2.07. The number of ether oxygens (including phenoxy) is 1. The van der Waals surface area contributed by atoms with Crippen LogP contribution >= 0.6 is 0 Å². The number of hydrogen-bond acceptors (Lipinski definition) is 5. The van der Waals surface area contributed by atoms with Gasteiger partial charge in [0.25, 0.3) is 0 Å². The van der Waals surface area contributed by atoms with Crippen molar-refractivity contribution in [3.8, 4) is 11.5 Å². The summed E-state index contributed by atoms with van der Waals surface area (Å²) in [7, 11) is 0. The minimum Gasteiger partial charge on any atom is -0.456 e. The van der Waals surface area contributed by atoms with Crippen LogP contribution in [0.2, 0.25) is 0 Å². The molecule has 5 nitrogen and oxygen atoms in total. The van der Waals surface area contributed by atoms with Gasteiger partial charge in [0.05, 0.1) is 17.1 Å². The fourth-order valence-electron chi connectivity index (χ4n) is 2.82. The molecule has 0 radical (unpaired) electrons. The molecule has 0 unspecified atom stereocenters.